The maximum absolute atomic E-state index is 12.5. The predicted octanol–water partition coefficient (Wildman–Crippen LogP) is 5.32. The first-order valence-electron chi connectivity index (χ1n) is 8.12. The van der Waals surface area contributed by atoms with E-state index < -0.39 is 5.51 Å². The second-order valence-electron chi connectivity index (χ2n) is 6.05. The average Bonchev–Trinajstić information content (AvgIpc) is 2.61. The van der Waals surface area contributed by atoms with Gasteiger partial charge < -0.3 is 4.90 Å². The lowest BCUT2D eigenvalue weighted by Crippen LogP contribution is -2.37. The van der Waals surface area contributed by atoms with Gasteiger partial charge in [0.15, 0.2) is 0 Å². The van der Waals surface area contributed by atoms with Gasteiger partial charge >= 0.3 is 5.51 Å². The zero-order chi connectivity index (χ0) is 17.9. The number of hydrogen-bond donors (Lipinski definition) is 0. The van der Waals surface area contributed by atoms with Gasteiger partial charge in [-0.1, -0.05) is 30.3 Å². The van der Waals surface area contributed by atoms with E-state index >= 15 is 0 Å². The number of likely N-dealkylation sites (tertiary alicyclic amines) is 1. The van der Waals surface area contributed by atoms with Crippen LogP contribution in [0.2, 0.25) is 0 Å². The Morgan fingerprint density at radius 2 is 1.56 bits per heavy atom. The summed E-state index contributed by atoms with van der Waals surface area (Å²) in [5.74, 6) is 0.339. The lowest BCUT2D eigenvalue weighted by molar-refractivity contribution is -0.0328. The molecule has 1 amide bonds. The summed E-state index contributed by atoms with van der Waals surface area (Å²) in [5, 5.41) is 0. The third kappa shape index (κ3) is 4.78. The van der Waals surface area contributed by atoms with E-state index in [0.29, 0.717) is 24.6 Å². The summed E-state index contributed by atoms with van der Waals surface area (Å²) in [6, 6.07) is 15.9. The molecular formula is C19H18F3NOS. The van der Waals surface area contributed by atoms with Crippen LogP contribution in [0.1, 0.15) is 34.7 Å². The topological polar surface area (TPSA) is 20.3 Å². The molecule has 1 fully saturated rings. The van der Waals surface area contributed by atoms with Crippen LogP contribution in [0.3, 0.4) is 0 Å². The molecule has 1 heterocycles. The van der Waals surface area contributed by atoms with Crippen LogP contribution in [-0.2, 0) is 0 Å². The van der Waals surface area contributed by atoms with E-state index in [2.05, 4.69) is 12.1 Å². The van der Waals surface area contributed by atoms with E-state index in [1.165, 1.54) is 29.8 Å². The van der Waals surface area contributed by atoms with Crippen LogP contribution < -0.4 is 0 Å². The summed E-state index contributed by atoms with van der Waals surface area (Å²) in [6.45, 7) is 1.33. The molecule has 132 valence electrons. The SMILES string of the molecule is O=C(c1ccc(SC(F)(F)F)cc1)N1CCC(c2ccccc2)CC1. The van der Waals surface area contributed by atoms with Gasteiger partial charge in [0, 0.05) is 23.5 Å². The molecule has 2 aromatic carbocycles. The number of amides is 1. The molecule has 3 rings (SSSR count). The van der Waals surface area contributed by atoms with Gasteiger partial charge in [-0.25, -0.2) is 0 Å². The molecule has 2 aromatic rings. The Morgan fingerprint density at radius 3 is 2.12 bits per heavy atom. The Hall–Kier alpha value is -1.95. The van der Waals surface area contributed by atoms with Crippen LogP contribution in [-0.4, -0.2) is 29.4 Å². The van der Waals surface area contributed by atoms with Gasteiger partial charge in [0.2, 0.25) is 0 Å². The molecule has 0 aliphatic carbocycles. The first kappa shape index (κ1) is 17.9. The zero-order valence-electron chi connectivity index (χ0n) is 13.5. The highest BCUT2D eigenvalue weighted by Crippen LogP contribution is 2.37. The van der Waals surface area contributed by atoms with Crippen molar-refractivity contribution in [2.75, 3.05) is 13.1 Å². The van der Waals surface area contributed by atoms with Crippen molar-refractivity contribution in [1.82, 2.24) is 4.90 Å². The monoisotopic (exact) mass is 365 g/mol. The summed E-state index contributed by atoms with van der Waals surface area (Å²) in [4.78, 5) is 14.4. The van der Waals surface area contributed by atoms with E-state index in [-0.39, 0.29) is 22.6 Å². The number of alkyl halides is 3. The van der Waals surface area contributed by atoms with Crippen molar-refractivity contribution in [2.24, 2.45) is 0 Å². The quantitative estimate of drug-likeness (QED) is 0.686. The van der Waals surface area contributed by atoms with Crippen LogP contribution >= 0.6 is 11.8 Å². The Bertz CT molecular complexity index is 708. The normalized spacial score (nSPS) is 16.0. The highest BCUT2D eigenvalue weighted by Gasteiger charge is 2.29. The fourth-order valence-corrected chi connectivity index (χ4v) is 3.66. The van der Waals surface area contributed by atoms with Gasteiger partial charge in [0.05, 0.1) is 0 Å². The molecule has 0 saturated carbocycles. The van der Waals surface area contributed by atoms with Crippen molar-refractivity contribution in [1.29, 1.82) is 0 Å². The molecule has 0 atom stereocenters. The zero-order valence-corrected chi connectivity index (χ0v) is 14.3. The van der Waals surface area contributed by atoms with Crippen molar-refractivity contribution < 1.29 is 18.0 Å². The van der Waals surface area contributed by atoms with Crippen LogP contribution in [0.15, 0.2) is 59.5 Å². The number of benzene rings is 2. The number of thioether (sulfide) groups is 1. The lowest BCUT2D eigenvalue weighted by Gasteiger charge is -2.32. The fourth-order valence-electron chi connectivity index (χ4n) is 3.12. The predicted molar refractivity (Wildman–Crippen MR) is 92.7 cm³/mol. The van der Waals surface area contributed by atoms with E-state index in [1.807, 2.05) is 18.2 Å². The highest BCUT2D eigenvalue weighted by atomic mass is 32.2. The molecule has 0 aromatic heterocycles. The summed E-state index contributed by atoms with van der Waals surface area (Å²) in [5.41, 5.74) is -2.59. The number of carbonyl (C=O) groups excluding carboxylic acids is 1. The molecule has 1 saturated heterocycles. The van der Waals surface area contributed by atoms with E-state index in [9.17, 15) is 18.0 Å². The number of rotatable bonds is 3. The maximum Gasteiger partial charge on any atom is 0.446 e. The van der Waals surface area contributed by atoms with Gasteiger partial charge in [0.25, 0.3) is 5.91 Å². The van der Waals surface area contributed by atoms with Gasteiger partial charge in [0.1, 0.15) is 0 Å². The van der Waals surface area contributed by atoms with Crippen LogP contribution in [0.25, 0.3) is 0 Å². The first-order valence-corrected chi connectivity index (χ1v) is 8.94. The highest BCUT2D eigenvalue weighted by molar-refractivity contribution is 8.00. The van der Waals surface area contributed by atoms with Crippen molar-refractivity contribution >= 4 is 17.7 Å². The van der Waals surface area contributed by atoms with Crippen molar-refractivity contribution in [3.8, 4) is 0 Å². The smallest absolute Gasteiger partial charge is 0.339 e. The Labute approximate surface area is 149 Å². The minimum atomic E-state index is -4.31. The fraction of sp³-hybridized carbons (Fsp3) is 0.316. The van der Waals surface area contributed by atoms with E-state index in [0.717, 1.165) is 12.8 Å². The molecule has 0 bridgehead atoms. The molecular weight excluding hydrogens is 347 g/mol. The first-order chi connectivity index (χ1) is 11.9. The second kappa shape index (κ2) is 7.52. The standard InChI is InChI=1S/C19H18F3NOS/c20-19(21,22)25-17-8-6-16(7-9-17)18(24)23-12-10-15(11-13-23)14-4-2-1-3-5-14/h1-9,15H,10-13H2. The summed E-state index contributed by atoms with van der Waals surface area (Å²) < 4.78 is 37.1. The number of halogens is 3. The van der Waals surface area contributed by atoms with Crippen molar-refractivity contribution in [2.45, 2.75) is 29.2 Å². The molecule has 6 heteroatoms. The van der Waals surface area contributed by atoms with Gasteiger partial charge in [-0.3, -0.25) is 4.79 Å². The largest absolute Gasteiger partial charge is 0.446 e. The van der Waals surface area contributed by atoms with Gasteiger partial charge in [-0.2, -0.15) is 13.2 Å². The third-order valence-electron chi connectivity index (χ3n) is 4.39. The van der Waals surface area contributed by atoms with Gasteiger partial charge in [-0.15, -0.1) is 0 Å². The minimum absolute atomic E-state index is 0.0897. The van der Waals surface area contributed by atoms with E-state index in [1.54, 1.807) is 4.90 Å². The number of hydrogen-bond acceptors (Lipinski definition) is 2. The lowest BCUT2D eigenvalue weighted by atomic mass is 9.89. The minimum Gasteiger partial charge on any atom is -0.339 e. The molecule has 0 N–H and O–H groups in total. The summed E-state index contributed by atoms with van der Waals surface area (Å²) in [6.07, 6.45) is 1.80. The average molecular weight is 365 g/mol. The van der Waals surface area contributed by atoms with Crippen molar-refractivity contribution in [3.63, 3.8) is 0 Å². The van der Waals surface area contributed by atoms with Crippen molar-refractivity contribution in [3.05, 3.63) is 65.7 Å². The van der Waals surface area contributed by atoms with Crippen LogP contribution in [0, 0.1) is 0 Å². The van der Waals surface area contributed by atoms with Gasteiger partial charge in [-0.05, 0) is 60.4 Å². The molecule has 0 radical (unpaired) electrons. The second-order valence-corrected chi connectivity index (χ2v) is 7.19. The number of carbonyl (C=O) groups is 1. The molecule has 2 nitrogen and oxygen atoms in total. The summed E-state index contributed by atoms with van der Waals surface area (Å²) >= 11 is -0.170. The summed E-state index contributed by atoms with van der Waals surface area (Å²) in [7, 11) is 0. The Morgan fingerprint density at radius 1 is 0.960 bits per heavy atom. The third-order valence-corrected chi connectivity index (χ3v) is 5.13. The molecule has 0 unspecified atom stereocenters. The number of piperidine rings is 1. The van der Waals surface area contributed by atoms with Crippen LogP contribution in [0.4, 0.5) is 13.2 Å². The van der Waals surface area contributed by atoms with E-state index in [4.69, 9.17) is 0 Å². The Kier molecular flexibility index (Phi) is 5.37. The molecule has 0 spiro atoms. The molecule has 25 heavy (non-hydrogen) atoms. The number of nitrogens with zero attached hydrogens (tertiary/aromatic N) is 1. The maximum atomic E-state index is 12.5. The molecule has 1 aliphatic rings. The Balaban J connectivity index is 1.59. The molecule has 1 aliphatic heterocycles. The van der Waals surface area contributed by atoms with Crippen LogP contribution in [0.5, 0.6) is 0 Å².